The van der Waals surface area contributed by atoms with Gasteiger partial charge in [-0.25, -0.2) is 9.59 Å². The lowest BCUT2D eigenvalue weighted by atomic mass is 9.97. The summed E-state index contributed by atoms with van der Waals surface area (Å²) in [7, 11) is 0. The number of esters is 1. The van der Waals surface area contributed by atoms with Crippen LogP contribution in [0.1, 0.15) is 78.7 Å². The fourth-order valence-corrected chi connectivity index (χ4v) is 4.05. The lowest BCUT2D eigenvalue weighted by molar-refractivity contribution is -0.150. The first kappa shape index (κ1) is 26.7. The molecule has 1 aromatic carbocycles. The molecule has 1 aromatic rings. The van der Waals surface area contributed by atoms with Crippen LogP contribution >= 0.6 is 0 Å². The molecule has 7 nitrogen and oxygen atoms in total. The van der Waals surface area contributed by atoms with Crippen molar-refractivity contribution < 1.29 is 23.9 Å². The average Bonchev–Trinajstić information content (AvgIpc) is 3.23. The number of hydrogen-bond donors (Lipinski definition) is 2. The zero-order chi connectivity index (χ0) is 24.4. The number of carbonyl (C=O) groups is 3. The SMILES string of the molecule is CC(C)C[C@@H](NC(=O)OC(C)(C)C)C(=O)N[C@@H](CC1CCCC1)C(=O)OCc1ccccc1. The number of ether oxygens (including phenoxy) is 2. The van der Waals surface area contributed by atoms with Crippen LogP contribution in [0.25, 0.3) is 0 Å². The first-order chi connectivity index (χ1) is 15.5. The maximum absolute atomic E-state index is 13.2. The molecule has 0 aliphatic heterocycles. The molecule has 0 saturated heterocycles. The van der Waals surface area contributed by atoms with Crippen molar-refractivity contribution in [3.05, 3.63) is 35.9 Å². The van der Waals surface area contributed by atoms with Gasteiger partial charge in [-0.15, -0.1) is 0 Å². The highest BCUT2D eigenvalue weighted by molar-refractivity contribution is 5.89. The van der Waals surface area contributed by atoms with E-state index in [0.717, 1.165) is 31.2 Å². The molecule has 0 spiro atoms. The molecular weight excluding hydrogens is 420 g/mol. The van der Waals surface area contributed by atoms with Gasteiger partial charge in [-0.05, 0) is 51.0 Å². The van der Waals surface area contributed by atoms with E-state index in [0.29, 0.717) is 18.8 Å². The highest BCUT2D eigenvalue weighted by Crippen LogP contribution is 2.29. The topological polar surface area (TPSA) is 93.7 Å². The standard InChI is InChI=1S/C26H40N2O5/c1-18(2)15-21(28-25(31)33-26(3,4)5)23(29)27-22(16-19-11-9-10-12-19)24(30)32-17-20-13-7-6-8-14-20/h6-8,13-14,18-19,21-22H,9-12,15-17H2,1-5H3,(H,27,29)(H,28,31)/t21-,22+/m1/s1. The molecule has 2 amide bonds. The van der Waals surface area contributed by atoms with Crippen molar-refractivity contribution >= 4 is 18.0 Å². The fraction of sp³-hybridized carbons (Fsp3) is 0.654. The normalized spacial score (nSPS) is 16.2. The van der Waals surface area contributed by atoms with Crippen LogP contribution in [0.2, 0.25) is 0 Å². The van der Waals surface area contributed by atoms with Gasteiger partial charge in [-0.1, -0.05) is 69.9 Å². The molecular formula is C26H40N2O5. The number of benzene rings is 1. The molecule has 184 valence electrons. The Labute approximate surface area is 198 Å². The Morgan fingerprint density at radius 3 is 2.21 bits per heavy atom. The first-order valence-corrected chi connectivity index (χ1v) is 12.0. The molecule has 0 aromatic heterocycles. The van der Waals surface area contributed by atoms with E-state index in [9.17, 15) is 14.4 Å². The predicted molar refractivity (Wildman–Crippen MR) is 127 cm³/mol. The Hall–Kier alpha value is -2.57. The molecule has 33 heavy (non-hydrogen) atoms. The van der Waals surface area contributed by atoms with Crippen molar-refractivity contribution in [2.75, 3.05) is 0 Å². The number of nitrogens with one attached hydrogen (secondary N) is 2. The van der Waals surface area contributed by atoms with Crippen LogP contribution in [-0.2, 0) is 25.7 Å². The molecule has 7 heteroatoms. The van der Waals surface area contributed by atoms with E-state index in [1.54, 1.807) is 20.8 Å². The van der Waals surface area contributed by atoms with E-state index in [1.165, 1.54) is 0 Å². The van der Waals surface area contributed by atoms with Gasteiger partial charge in [-0.2, -0.15) is 0 Å². The Bertz CT molecular complexity index is 767. The third kappa shape index (κ3) is 10.3. The van der Waals surface area contributed by atoms with Gasteiger partial charge in [0.1, 0.15) is 24.3 Å². The lowest BCUT2D eigenvalue weighted by Crippen LogP contribution is -2.53. The van der Waals surface area contributed by atoms with E-state index in [2.05, 4.69) is 10.6 Å². The minimum atomic E-state index is -0.798. The minimum absolute atomic E-state index is 0.155. The third-order valence-corrected chi connectivity index (χ3v) is 5.58. The second-order valence-corrected chi connectivity index (χ2v) is 10.4. The van der Waals surface area contributed by atoms with Gasteiger partial charge >= 0.3 is 12.1 Å². The second-order valence-electron chi connectivity index (χ2n) is 10.4. The summed E-state index contributed by atoms with van der Waals surface area (Å²) in [4.78, 5) is 38.4. The zero-order valence-electron chi connectivity index (χ0n) is 20.7. The van der Waals surface area contributed by atoms with E-state index in [1.807, 2.05) is 44.2 Å². The van der Waals surface area contributed by atoms with Gasteiger partial charge in [0.2, 0.25) is 5.91 Å². The van der Waals surface area contributed by atoms with E-state index in [-0.39, 0.29) is 12.5 Å². The molecule has 1 saturated carbocycles. The van der Waals surface area contributed by atoms with Crippen LogP contribution in [0.3, 0.4) is 0 Å². The number of rotatable bonds is 10. The zero-order valence-corrected chi connectivity index (χ0v) is 20.7. The van der Waals surface area contributed by atoms with Crippen LogP contribution in [0.5, 0.6) is 0 Å². The van der Waals surface area contributed by atoms with Gasteiger partial charge in [-0.3, -0.25) is 4.79 Å². The molecule has 2 atom stereocenters. The van der Waals surface area contributed by atoms with Crippen LogP contribution in [0.15, 0.2) is 30.3 Å². The Kier molecular flexibility index (Phi) is 10.2. The summed E-state index contributed by atoms with van der Waals surface area (Å²) in [6.45, 7) is 9.41. The van der Waals surface area contributed by atoms with E-state index < -0.39 is 35.7 Å². The predicted octanol–water partition coefficient (Wildman–Crippen LogP) is 4.73. The average molecular weight is 461 g/mol. The van der Waals surface area contributed by atoms with Gasteiger partial charge in [0.15, 0.2) is 0 Å². The van der Waals surface area contributed by atoms with Crippen LogP contribution < -0.4 is 10.6 Å². The maximum atomic E-state index is 13.2. The van der Waals surface area contributed by atoms with Crippen molar-refractivity contribution in [2.45, 2.75) is 97.4 Å². The van der Waals surface area contributed by atoms with Gasteiger partial charge in [0.05, 0.1) is 0 Å². The molecule has 2 N–H and O–H groups in total. The summed E-state index contributed by atoms with van der Waals surface area (Å²) in [5, 5.41) is 5.54. The number of amides is 2. The molecule has 0 unspecified atom stereocenters. The molecule has 0 radical (unpaired) electrons. The largest absolute Gasteiger partial charge is 0.459 e. The molecule has 1 aliphatic rings. The van der Waals surface area contributed by atoms with Crippen LogP contribution in [0.4, 0.5) is 4.79 Å². The maximum Gasteiger partial charge on any atom is 0.408 e. The highest BCUT2D eigenvalue weighted by Gasteiger charge is 2.32. The summed E-state index contributed by atoms with van der Waals surface area (Å²) in [5.41, 5.74) is 0.218. The fourth-order valence-electron chi connectivity index (χ4n) is 4.05. The molecule has 1 aliphatic carbocycles. The number of carbonyl (C=O) groups excluding carboxylic acids is 3. The summed E-state index contributed by atoms with van der Waals surface area (Å²) in [6.07, 6.45) is 4.69. The first-order valence-electron chi connectivity index (χ1n) is 12.0. The van der Waals surface area contributed by atoms with E-state index >= 15 is 0 Å². The highest BCUT2D eigenvalue weighted by atomic mass is 16.6. The second kappa shape index (κ2) is 12.6. The van der Waals surface area contributed by atoms with Gasteiger partial charge in [0, 0.05) is 0 Å². The van der Waals surface area contributed by atoms with Gasteiger partial charge in [0.25, 0.3) is 0 Å². The summed E-state index contributed by atoms with van der Waals surface area (Å²) in [6, 6.07) is 7.91. The summed E-state index contributed by atoms with van der Waals surface area (Å²) < 4.78 is 10.9. The monoisotopic (exact) mass is 460 g/mol. The summed E-state index contributed by atoms with van der Waals surface area (Å²) >= 11 is 0. The van der Waals surface area contributed by atoms with Gasteiger partial charge < -0.3 is 20.1 Å². The smallest absolute Gasteiger partial charge is 0.408 e. The van der Waals surface area contributed by atoms with Crippen molar-refractivity contribution in [2.24, 2.45) is 11.8 Å². The molecule has 0 bridgehead atoms. The van der Waals surface area contributed by atoms with Crippen molar-refractivity contribution in [3.63, 3.8) is 0 Å². The Morgan fingerprint density at radius 1 is 1.00 bits per heavy atom. The number of hydrogen-bond acceptors (Lipinski definition) is 5. The van der Waals surface area contributed by atoms with Crippen molar-refractivity contribution in [1.29, 1.82) is 0 Å². The lowest BCUT2D eigenvalue weighted by Gasteiger charge is -2.26. The third-order valence-electron chi connectivity index (χ3n) is 5.58. The van der Waals surface area contributed by atoms with E-state index in [4.69, 9.17) is 9.47 Å². The Balaban J connectivity index is 2.06. The molecule has 1 fully saturated rings. The summed E-state index contributed by atoms with van der Waals surface area (Å²) in [5.74, 6) is -0.301. The Morgan fingerprint density at radius 2 is 1.64 bits per heavy atom. The van der Waals surface area contributed by atoms with Crippen LogP contribution in [0, 0.1) is 11.8 Å². The quantitative estimate of drug-likeness (QED) is 0.492. The van der Waals surface area contributed by atoms with Crippen molar-refractivity contribution in [1.82, 2.24) is 10.6 Å². The van der Waals surface area contributed by atoms with Crippen molar-refractivity contribution in [3.8, 4) is 0 Å². The molecule has 0 heterocycles. The molecule has 2 rings (SSSR count). The minimum Gasteiger partial charge on any atom is -0.459 e. The van der Waals surface area contributed by atoms with Crippen LogP contribution in [-0.4, -0.2) is 35.7 Å². The number of alkyl carbamates (subject to hydrolysis) is 1.